The van der Waals surface area contributed by atoms with Crippen LogP contribution < -0.4 is 15.5 Å². The molecule has 1 aromatic carbocycles. The number of piperidine rings is 1. The highest BCUT2D eigenvalue weighted by molar-refractivity contribution is 7.80. The van der Waals surface area contributed by atoms with Crippen molar-refractivity contribution in [1.82, 2.24) is 15.3 Å². The average Bonchev–Trinajstić information content (AvgIpc) is 2.61. The Labute approximate surface area is 165 Å². The Bertz CT molecular complexity index is 757. The van der Waals surface area contributed by atoms with Crippen LogP contribution in [0.3, 0.4) is 0 Å². The fraction of sp³-hybridized carbons (Fsp3) is 0.421. The minimum Gasteiger partial charge on any atom is -0.358 e. The third-order valence-electron chi connectivity index (χ3n) is 4.54. The first kappa shape index (κ1) is 18.9. The van der Waals surface area contributed by atoms with Crippen molar-refractivity contribution >= 4 is 40.7 Å². The Morgan fingerprint density at radius 3 is 2.62 bits per heavy atom. The quantitative estimate of drug-likeness (QED) is 0.766. The van der Waals surface area contributed by atoms with E-state index in [2.05, 4.69) is 32.4 Å². The van der Waals surface area contributed by atoms with Crippen LogP contribution in [0.1, 0.15) is 31.0 Å². The zero-order valence-corrected chi connectivity index (χ0v) is 16.7. The largest absolute Gasteiger partial charge is 0.358 e. The molecule has 0 atom stereocenters. The first-order valence-electron chi connectivity index (χ1n) is 8.89. The Morgan fingerprint density at radius 2 is 1.92 bits per heavy atom. The number of aromatic nitrogens is 2. The molecule has 0 bridgehead atoms. The van der Waals surface area contributed by atoms with Crippen molar-refractivity contribution in [3.05, 3.63) is 46.6 Å². The molecule has 5 nitrogen and oxygen atoms in total. The Hall–Kier alpha value is -1.92. The maximum atomic E-state index is 5.90. The molecule has 2 heterocycles. The van der Waals surface area contributed by atoms with E-state index >= 15 is 0 Å². The molecule has 0 spiro atoms. The highest BCUT2D eigenvalue weighted by Crippen LogP contribution is 2.22. The molecule has 0 aliphatic carbocycles. The van der Waals surface area contributed by atoms with E-state index in [9.17, 15) is 0 Å². The molecule has 1 aliphatic rings. The number of rotatable bonds is 4. The molecule has 0 unspecified atom stereocenters. The monoisotopic (exact) mass is 389 g/mol. The van der Waals surface area contributed by atoms with Crippen molar-refractivity contribution in [2.24, 2.45) is 5.92 Å². The standard InChI is InChI=1S/C19H24ClN5S/c1-13-7-9-25(10-8-13)17-11-14(2)22-18(23-17)24-19(26)21-12-15-3-5-16(20)6-4-15/h3-6,11,13H,7-10,12H2,1-2H3,(H2,21,22,23,24,26). The number of aryl methyl sites for hydroxylation is 1. The van der Waals surface area contributed by atoms with E-state index in [1.54, 1.807) is 0 Å². The van der Waals surface area contributed by atoms with Crippen molar-refractivity contribution in [2.75, 3.05) is 23.3 Å². The van der Waals surface area contributed by atoms with Gasteiger partial charge in [-0.25, -0.2) is 4.98 Å². The molecular formula is C19H24ClN5S. The molecule has 2 aromatic rings. The van der Waals surface area contributed by atoms with Gasteiger partial charge in [-0.2, -0.15) is 4.98 Å². The van der Waals surface area contributed by atoms with Crippen LogP contribution in [0, 0.1) is 12.8 Å². The van der Waals surface area contributed by atoms with Crippen molar-refractivity contribution in [3.8, 4) is 0 Å². The van der Waals surface area contributed by atoms with E-state index < -0.39 is 0 Å². The molecule has 26 heavy (non-hydrogen) atoms. The fourth-order valence-electron chi connectivity index (χ4n) is 2.94. The van der Waals surface area contributed by atoms with E-state index in [0.29, 0.717) is 17.6 Å². The first-order chi connectivity index (χ1) is 12.5. The summed E-state index contributed by atoms with van der Waals surface area (Å²) >= 11 is 11.3. The van der Waals surface area contributed by atoms with Crippen molar-refractivity contribution < 1.29 is 0 Å². The van der Waals surface area contributed by atoms with Gasteiger partial charge in [-0.1, -0.05) is 30.7 Å². The lowest BCUT2D eigenvalue weighted by Gasteiger charge is -2.31. The maximum absolute atomic E-state index is 5.90. The van der Waals surface area contributed by atoms with Gasteiger partial charge >= 0.3 is 0 Å². The highest BCUT2D eigenvalue weighted by atomic mass is 35.5. The number of hydrogen-bond acceptors (Lipinski definition) is 4. The lowest BCUT2D eigenvalue weighted by atomic mass is 9.99. The smallest absolute Gasteiger partial charge is 0.231 e. The molecular weight excluding hydrogens is 366 g/mol. The summed E-state index contributed by atoms with van der Waals surface area (Å²) in [6.45, 7) is 6.98. The molecule has 1 aromatic heterocycles. The number of hydrogen-bond donors (Lipinski definition) is 2. The van der Waals surface area contributed by atoms with Gasteiger partial charge in [-0.15, -0.1) is 0 Å². The van der Waals surface area contributed by atoms with Gasteiger partial charge in [0.15, 0.2) is 5.11 Å². The molecule has 2 N–H and O–H groups in total. The number of nitrogens with one attached hydrogen (secondary N) is 2. The van der Waals surface area contributed by atoms with Gasteiger partial charge in [-0.3, -0.25) is 0 Å². The summed E-state index contributed by atoms with van der Waals surface area (Å²) in [6.07, 6.45) is 2.40. The maximum Gasteiger partial charge on any atom is 0.231 e. The first-order valence-corrected chi connectivity index (χ1v) is 9.68. The lowest BCUT2D eigenvalue weighted by molar-refractivity contribution is 0.436. The Balaban J connectivity index is 1.60. The van der Waals surface area contributed by atoms with Crippen LogP contribution in [-0.2, 0) is 6.54 Å². The van der Waals surface area contributed by atoms with Gasteiger partial charge in [0.25, 0.3) is 0 Å². The molecule has 3 rings (SSSR count). The van der Waals surface area contributed by atoms with Crippen LogP contribution in [-0.4, -0.2) is 28.2 Å². The molecule has 1 fully saturated rings. The molecule has 0 amide bonds. The van der Waals surface area contributed by atoms with Crippen LogP contribution >= 0.6 is 23.8 Å². The number of nitrogens with zero attached hydrogens (tertiary/aromatic N) is 3. The third-order valence-corrected chi connectivity index (χ3v) is 5.04. The summed E-state index contributed by atoms with van der Waals surface area (Å²) in [5.74, 6) is 2.29. The summed E-state index contributed by atoms with van der Waals surface area (Å²) in [5, 5.41) is 7.50. The van der Waals surface area contributed by atoms with Gasteiger partial charge in [-0.05, 0) is 55.6 Å². The molecule has 0 saturated carbocycles. The number of thiocarbonyl (C=S) groups is 1. The second-order valence-electron chi connectivity index (χ2n) is 6.79. The van der Waals surface area contributed by atoms with Gasteiger partial charge < -0.3 is 15.5 Å². The second-order valence-corrected chi connectivity index (χ2v) is 7.64. The summed E-state index contributed by atoms with van der Waals surface area (Å²) in [6, 6.07) is 9.70. The van der Waals surface area contributed by atoms with Gasteiger partial charge in [0.05, 0.1) is 0 Å². The van der Waals surface area contributed by atoms with Crippen LogP contribution in [0.5, 0.6) is 0 Å². The third kappa shape index (κ3) is 5.29. The molecule has 7 heteroatoms. The normalized spacial score (nSPS) is 15.0. The zero-order valence-electron chi connectivity index (χ0n) is 15.1. The van der Waals surface area contributed by atoms with Crippen LogP contribution in [0.4, 0.5) is 11.8 Å². The number of halogens is 1. The minimum atomic E-state index is 0.503. The second kappa shape index (κ2) is 8.64. The van der Waals surface area contributed by atoms with Gasteiger partial charge in [0.1, 0.15) is 5.82 Å². The molecule has 1 aliphatic heterocycles. The highest BCUT2D eigenvalue weighted by Gasteiger charge is 2.18. The predicted molar refractivity (Wildman–Crippen MR) is 112 cm³/mol. The van der Waals surface area contributed by atoms with Crippen LogP contribution in [0.15, 0.2) is 30.3 Å². The fourth-order valence-corrected chi connectivity index (χ4v) is 3.23. The molecule has 138 valence electrons. The zero-order chi connectivity index (χ0) is 18.5. The molecule has 1 saturated heterocycles. The topological polar surface area (TPSA) is 53.1 Å². The summed E-state index contributed by atoms with van der Waals surface area (Å²) < 4.78 is 0. The SMILES string of the molecule is Cc1cc(N2CCC(C)CC2)nc(NC(=S)NCc2ccc(Cl)cc2)n1. The van der Waals surface area contributed by atoms with Crippen molar-refractivity contribution in [1.29, 1.82) is 0 Å². The van der Waals surface area contributed by atoms with Crippen LogP contribution in [0.25, 0.3) is 0 Å². The predicted octanol–water partition coefficient (Wildman–Crippen LogP) is 4.16. The van der Waals surface area contributed by atoms with Crippen molar-refractivity contribution in [2.45, 2.75) is 33.2 Å². The lowest BCUT2D eigenvalue weighted by Crippen LogP contribution is -2.34. The summed E-state index contributed by atoms with van der Waals surface area (Å²) in [4.78, 5) is 11.4. The van der Waals surface area contributed by atoms with Gasteiger partial charge in [0, 0.05) is 36.4 Å². The Kier molecular flexibility index (Phi) is 6.27. The van der Waals surface area contributed by atoms with Gasteiger partial charge in [0.2, 0.25) is 5.95 Å². The number of anilines is 2. The average molecular weight is 390 g/mol. The van der Waals surface area contributed by atoms with Crippen molar-refractivity contribution in [3.63, 3.8) is 0 Å². The van der Waals surface area contributed by atoms with E-state index in [1.807, 2.05) is 37.3 Å². The summed E-state index contributed by atoms with van der Waals surface area (Å²) in [7, 11) is 0. The van der Waals surface area contributed by atoms with Crippen LogP contribution in [0.2, 0.25) is 5.02 Å². The number of benzene rings is 1. The van der Waals surface area contributed by atoms with E-state index in [-0.39, 0.29) is 0 Å². The minimum absolute atomic E-state index is 0.503. The van der Waals surface area contributed by atoms with E-state index in [0.717, 1.165) is 41.1 Å². The summed E-state index contributed by atoms with van der Waals surface area (Å²) in [5.41, 5.74) is 2.03. The molecule has 0 radical (unpaired) electrons. The van der Waals surface area contributed by atoms with E-state index in [1.165, 1.54) is 12.8 Å². The Morgan fingerprint density at radius 1 is 1.23 bits per heavy atom. The van der Waals surface area contributed by atoms with E-state index in [4.69, 9.17) is 23.8 Å².